The number of aryl methyl sites for hydroxylation is 1. The number of aliphatic hydroxyl groups excluding tert-OH is 1. The lowest BCUT2D eigenvalue weighted by atomic mass is 9.89. The summed E-state index contributed by atoms with van der Waals surface area (Å²) in [4.78, 5) is -0.133. The van der Waals surface area contributed by atoms with E-state index in [1.165, 1.54) is 12.1 Å². The Labute approximate surface area is 113 Å². The first-order chi connectivity index (χ1) is 8.52. The SMILES string of the molecule is Cc1cc(F)cc(S(=O)(=O)NCC(O)C(C)(C)C)c1. The molecule has 0 fully saturated rings. The van der Waals surface area contributed by atoms with E-state index in [0.29, 0.717) is 5.56 Å². The number of benzene rings is 1. The summed E-state index contributed by atoms with van der Waals surface area (Å²) >= 11 is 0. The summed E-state index contributed by atoms with van der Waals surface area (Å²) in [5, 5.41) is 9.80. The van der Waals surface area contributed by atoms with E-state index in [4.69, 9.17) is 0 Å². The van der Waals surface area contributed by atoms with Crippen LogP contribution in [-0.2, 0) is 10.0 Å². The third-order valence-electron chi connectivity index (χ3n) is 2.79. The number of rotatable bonds is 4. The summed E-state index contributed by atoms with van der Waals surface area (Å²) in [6.45, 7) is 6.92. The number of hydrogen-bond donors (Lipinski definition) is 2. The predicted octanol–water partition coefficient (Wildman–Crippen LogP) is 1.82. The molecule has 0 spiro atoms. The van der Waals surface area contributed by atoms with E-state index in [2.05, 4.69) is 4.72 Å². The van der Waals surface area contributed by atoms with Crippen molar-refractivity contribution in [3.05, 3.63) is 29.6 Å². The van der Waals surface area contributed by atoms with Gasteiger partial charge in [0.1, 0.15) is 5.82 Å². The van der Waals surface area contributed by atoms with Gasteiger partial charge in [0, 0.05) is 6.54 Å². The molecule has 0 saturated carbocycles. The lowest BCUT2D eigenvalue weighted by molar-refractivity contribution is 0.0677. The van der Waals surface area contributed by atoms with Gasteiger partial charge in [0.25, 0.3) is 0 Å². The Hall–Kier alpha value is -0.980. The first-order valence-electron chi connectivity index (χ1n) is 5.97. The van der Waals surface area contributed by atoms with Crippen molar-refractivity contribution in [2.45, 2.75) is 38.7 Å². The van der Waals surface area contributed by atoms with Gasteiger partial charge >= 0.3 is 0 Å². The number of nitrogens with one attached hydrogen (secondary N) is 1. The highest BCUT2D eigenvalue weighted by Gasteiger charge is 2.24. The Morgan fingerprint density at radius 3 is 2.37 bits per heavy atom. The quantitative estimate of drug-likeness (QED) is 0.888. The number of sulfonamides is 1. The largest absolute Gasteiger partial charge is 0.391 e. The molecule has 0 aliphatic heterocycles. The third-order valence-corrected chi connectivity index (χ3v) is 4.20. The Bertz CT molecular complexity index is 529. The highest BCUT2D eigenvalue weighted by atomic mass is 32.2. The van der Waals surface area contributed by atoms with Crippen molar-refractivity contribution < 1.29 is 17.9 Å². The second kappa shape index (κ2) is 5.56. The van der Waals surface area contributed by atoms with E-state index < -0.39 is 27.4 Å². The molecule has 0 saturated heterocycles. The van der Waals surface area contributed by atoms with Gasteiger partial charge in [-0.25, -0.2) is 17.5 Å². The van der Waals surface area contributed by atoms with Crippen LogP contribution in [-0.4, -0.2) is 26.2 Å². The van der Waals surface area contributed by atoms with Gasteiger partial charge < -0.3 is 5.11 Å². The molecule has 0 bridgehead atoms. The van der Waals surface area contributed by atoms with Crippen LogP contribution in [0.2, 0.25) is 0 Å². The minimum Gasteiger partial charge on any atom is -0.391 e. The maximum Gasteiger partial charge on any atom is 0.240 e. The van der Waals surface area contributed by atoms with Gasteiger partial charge in [-0.2, -0.15) is 0 Å². The van der Waals surface area contributed by atoms with Crippen molar-refractivity contribution in [3.63, 3.8) is 0 Å². The maximum absolute atomic E-state index is 13.2. The van der Waals surface area contributed by atoms with Crippen LogP contribution in [0.5, 0.6) is 0 Å². The summed E-state index contributed by atoms with van der Waals surface area (Å²) in [7, 11) is -3.81. The number of halogens is 1. The zero-order valence-corrected chi connectivity index (χ0v) is 12.4. The molecule has 0 radical (unpaired) electrons. The Morgan fingerprint density at radius 2 is 1.89 bits per heavy atom. The second-order valence-corrected chi connectivity index (χ2v) is 7.46. The van der Waals surface area contributed by atoms with E-state index >= 15 is 0 Å². The maximum atomic E-state index is 13.2. The summed E-state index contributed by atoms with van der Waals surface area (Å²) < 4.78 is 39.5. The standard InChI is InChI=1S/C13H20FNO3S/c1-9-5-10(14)7-11(6-9)19(17,18)15-8-12(16)13(2,3)4/h5-7,12,15-16H,8H2,1-4H3. The van der Waals surface area contributed by atoms with Gasteiger partial charge in [-0.15, -0.1) is 0 Å². The average molecular weight is 289 g/mol. The van der Waals surface area contributed by atoms with Crippen LogP contribution >= 0.6 is 0 Å². The van der Waals surface area contributed by atoms with Crippen LogP contribution in [0, 0.1) is 18.2 Å². The monoisotopic (exact) mass is 289 g/mol. The van der Waals surface area contributed by atoms with Crippen LogP contribution in [0.1, 0.15) is 26.3 Å². The normalized spacial score (nSPS) is 14.4. The Balaban J connectivity index is 2.88. The average Bonchev–Trinajstić information content (AvgIpc) is 2.23. The van der Waals surface area contributed by atoms with Crippen LogP contribution in [0.3, 0.4) is 0 Å². The molecule has 1 atom stereocenters. The summed E-state index contributed by atoms with van der Waals surface area (Å²) in [5.41, 5.74) is 0.0946. The van der Waals surface area contributed by atoms with Crippen molar-refractivity contribution in [2.75, 3.05) is 6.54 Å². The Morgan fingerprint density at radius 1 is 1.32 bits per heavy atom. The van der Waals surface area contributed by atoms with E-state index in [1.54, 1.807) is 27.7 Å². The predicted molar refractivity (Wildman–Crippen MR) is 71.8 cm³/mol. The Kier molecular flexibility index (Phi) is 4.71. The second-order valence-electron chi connectivity index (χ2n) is 5.70. The first-order valence-corrected chi connectivity index (χ1v) is 7.45. The minimum absolute atomic E-state index is 0.110. The molecule has 108 valence electrons. The fourth-order valence-corrected chi connectivity index (χ4v) is 2.59. The molecule has 0 aliphatic carbocycles. The molecule has 1 aromatic carbocycles. The van der Waals surface area contributed by atoms with Gasteiger partial charge in [0.15, 0.2) is 0 Å². The molecular weight excluding hydrogens is 269 g/mol. The molecule has 0 amide bonds. The van der Waals surface area contributed by atoms with Crippen LogP contribution in [0.15, 0.2) is 23.1 Å². The fraction of sp³-hybridized carbons (Fsp3) is 0.538. The third kappa shape index (κ3) is 4.56. The topological polar surface area (TPSA) is 66.4 Å². The van der Waals surface area contributed by atoms with Crippen LogP contribution in [0.25, 0.3) is 0 Å². The fourth-order valence-electron chi connectivity index (χ4n) is 1.44. The van der Waals surface area contributed by atoms with Gasteiger partial charge in [-0.05, 0) is 36.1 Å². The zero-order valence-electron chi connectivity index (χ0n) is 11.6. The first kappa shape index (κ1) is 16.1. The lowest BCUT2D eigenvalue weighted by Gasteiger charge is -2.25. The van der Waals surface area contributed by atoms with Gasteiger partial charge in [0.2, 0.25) is 10.0 Å². The molecule has 4 nitrogen and oxygen atoms in total. The minimum atomic E-state index is -3.81. The summed E-state index contributed by atoms with van der Waals surface area (Å²) in [6, 6.07) is 3.59. The molecular formula is C13H20FNO3S. The van der Waals surface area contributed by atoms with Crippen molar-refractivity contribution >= 4 is 10.0 Å². The summed E-state index contributed by atoms with van der Waals surface area (Å²) in [6.07, 6.45) is -0.822. The molecule has 19 heavy (non-hydrogen) atoms. The van der Waals surface area contributed by atoms with Crippen LogP contribution in [0.4, 0.5) is 4.39 Å². The smallest absolute Gasteiger partial charge is 0.240 e. The molecule has 1 unspecified atom stereocenters. The van der Waals surface area contributed by atoms with E-state index in [0.717, 1.165) is 6.07 Å². The van der Waals surface area contributed by atoms with E-state index in [1.807, 2.05) is 0 Å². The number of hydrogen-bond acceptors (Lipinski definition) is 3. The highest BCUT2D eigenvalue weighted by Crippen LogP contribution is 2.19. The number of aliphatic hydroxyl groups is 1. The molecule has 0 heterocycles. The highest BCUT2D eigenvalue weighted by molar-refractivity contribution is 7.89. The molecule has 1 aromatic rings. The van der Waals surface area contributed by atoms with E-state index in [-0.39, 0.29) is 11.4 Å². The zero-order chi connectivity index (χ0) is 14.8. The lowest BCUT2D eigenvalue weighted by Crippen LogP contribution is -2.39. The summed E-state index contributed by atoms with van der Waals surface area (Å²) in [5.74, 6) is -0.600. The molecule has 0 aliphatic rings. The van der Waals surface area contributed by atoms with Crippen molar-refractivity contribution in [1.29, 1.82) is 0 Å². The van der Waals surface area contributed by atoms with Gasteiger partial charge in [-0.1, -0.05) is 20.8 Å². The van der Waals surface area contributed by atoms with Crippen molar-refractivity contribution in [3.8, 4) is 0 Å². The molecule has 2 N–H and O–H groups in total. The van der Waals surface area contributed by atoms with Crippen LogP contribution < -0.4 is 4.72 Å². The molecule has 6 heteroatoms. The van der Waals surface area contributed by atoms with Gasteiger partial charge in [-0.3, -0.25) is 0 Å². The molecule has 0 aromatic heterocycles. The van der Waals surface area contributed by atoms with Gasteiger partial charge in [0.05, 0.1) is 11.0 Å². The molecule has 1 rings (SSSR count). The van der Waals surface area contributed by atoms with Crippen molar-refractivity contribution in [2.24, 2.45) is 5.41 Å². The van der Waals surface area contributed by atoms with Crippen molar-refractivity contribution in [1.82, 2.24) is 4.72 Å². The van der Waals surface area contributed by atoms with E-state index in [9.17, 15) is 17.9 Å².